The average Bonchev–Trinajstić information content (AvgIpc) is 2.67. The van der Waals surface area contributed by atoms with Gasteiger partial charge in [-0.2, -0.15) is 13.2 Å². The molecule has 1 unspecified atom stereocenters. The van der Waals surface area contributed by atoms with Crippen LogP contribution in [0.5, 0.6) is 0 Å². The van der Waals surface area contributed by atoms with Crippen LogP contribution in [0.2, 0.25) is 5.02 Å². The molecule has 0 spiro atoms. The van der Waals surface area contributed by atoms with Gasteiger partial charge in [0.05, 0.1) is 20.4 Å². The first-order chi connectivity index (χ1) is 9.21. The van der Waals surface area contributed by atoms with Crippen molar-refractivity contribution in [2.45, 2.75) is 12.2 Å². The number of hydrogen-bond donors (Lipinski definition) is 1. The van der Waals surface area contributed by atoms with Gasteiger partial charge in [-0.1, -0.05) is 23.7 Å². The van der Waals surface area contributed by atoms with E-state index in [1.54, 1.807) is 0 Å². The first-order valence-electron chi connectivity index (χ1n) is 5.27. The van der Waals surface area contributed by atoms with Gasteiger partial charge < -0.3 is 5.73 Å². The molecule has 2 rings (SSSR count). The van der Waals surface area contributed by atoms with Crippen molar-refractivity contribution in [1.29, 1.82) is 0 Å². The molecular weight excluding hydrogens is 382 g/mol. The van der Waals surface area contributed by atoms with Crippen LogP contribution in [0.15, 0.2) is 28.1 Å². The third-order valence-corrected chi connectivity index (χ3v) is 5.20. The molecule has 0 bridgehead atoms. The largest absolute Gasteiger partial charge is 0.419 e. The Balaban J connectivity index is 2.48. The normalized spacial score (nSPS) is 13.6. The molecule has 0 amide bonds. The Bertz CT molecular complexity index is 621. The van der Waals surface area contributed by atoms with Crippen molar-refractivity contribution in [3.8, 4) is 0 Å². The number of rotatable bonds is 2. The van der Waals surface area contributed by atoms with Crippen LogP contribution in [-0.4, -0.2) is 0 Å². The standard InChI is InChI=1S/C12H7BrClF4NS/c13-11-7(14)4-8(20-11)10(19)5-2-1-3-6(9(5)15)12(16,17)18/h1-4,10H,19H2. The summed E-state index contributed by atoms with van der Waals surface area (Å²) in [5.41, 5.74) is 4.29. The molecule has 1 aromatic heterocycles. The Kier molecular flexibility index (Phi) is 4.44. The smallest absolute Gasteiger partial charge is 0.320 e. The maximum atomic E-state index is 14.0. The molecule has 0 aliphatic rings. The van der Waals surface area contributed by atoms with E-state index in [2.05, 4.69) is 15.9 Å². The lowest BCUT2D eigenvalue weighted by Crippen LogP contribution is -2.16. The van der Waals surface area contributed by atoms with Crippen molar-refractivity contribution in [1.82, 2.24) is 0 Å². The summed E-state index contributed by atoms with van der Waals surface area (Å²) in [6.45, 7) is 0. The summed E-state index contributed by atoms with van der Waals surface area (Å²) < 4.78 is 52.5. The molecule has 0 saturated heterocycles. The van der Waals surface area contributed by atoms with Gasteiger partial charge >= 0.3 is 6.18 Å². The van der Waals surface area contributed by atoms with E-state index in [-0.39, 0.29) is 5.56 Å². The maximum Gasteiger partial charge on any atom is 0.419 e. The molecule has 0 fully saturated rings. The van der Waals surface area contributed by atoms with Crippen molar-refractivity contribution < 1.29 is 17.6 Å². The zero-order valence-corrected chi connectivity index (χ0v) is 12.8. The molecule has 0 aliphatic heterocycles. The van der Waals surface area contributed by atoms with E-state index in [1.807, 2.05) is 0 Å². The van der Waals surface area contributed by atoms with Gasteiger partial charge in [-0.05, 0) is 28.1 Å². The molecular formula is C12H7BrClF4NS. The zero-order chi connectivity index (χ0) is 15.1. The lowest BCUT2D eigenvalue weighted by atomic mass is 10.0. The van der Waals surface area contributed by atoms with Gasteiger partial charge in [0.2, 0.25) is 0 Å². The highest BCUT2D eigenvalue weighted by Crippen LogP contribution is 2.39. The van der Waals surface area contributed by atoms with Gasteiger partial charge in [0.1, 0.15) is 5.82 Å². The first kappa shape index (κ1) is 15.8. The molecule has 8 heteroatoms. The van der Waals surface area contributed by atoms with Crippen molar-refractivity contribution in [3.05, 3.63) is 54.9 Å². The average molecular weight is 389 g/mol. The highest BCUT2D eigenvalue weighted by Gasteiger charge is 2.35. The van der Waals surface area contributed by atoms with Gasteiger partial charge in [-0.15, -0.1) is 11.3 Å². The number of benzene rings is 1. The van der Waals surface area contributed by atoms with Crippen LogP contribution in [0.25, 0.3) is 0 Å². The Morgan fingerprint density at radius 3 is 2.45 bits per heavy atom. The van der Waals surface area contributed by atoms with E-state index in [4.69, 9.17) is 17.3 Å². The second-order valence-corrected chi connectivity index (χ2v) is 6.76. The Morgan fingerprint density at radius 2 is 1.95 bits per heavy atom. The predicted molar refractivity (Wildman–Crippen MR) is 74.5 cm³/mol. The minimum Gasteiger partial charge on any atom is -0.320 e. The topological polar surface area (TPSA) is 26.0 Å². The van der Waals surface area contributed by atoms with Crippen LogP contribution >= 0.6 is 38.9 Å². The van der Waals surface area contributed by atoms with E-state index in [1.165, 1.54) is 12.1 Å². The van der Waals surface area contributed by atoms with E-state index in [0.29, 0.717) is 19.8 Å². The third kappa shape index (κ3) is 3.00. The number of thiophene rings is 1. The van der Waals surface area contributed by atoms with Crippen molar-refractivity contribution in [2.75, 3.05) is 0 Å². The van der Waals surface area contributed by atoms with Crippen LogP contribution < -0.4 is 5.73 Å². The number of halogens is 6. The number of alkyl halides is 3. The second kappa shape index (κ2) is 5.63. The van der Waals surface area contributed by atoms with Gasteiger partial charge in [-0.3, -0.25) is 0 Å². The Hall–Kier alpha value is -0.630. The molecule has 1 nitrogen and oxygen atoms in total. The van der Waals surface area contributed by atoms with Gasteiger partial charge in [0.15, 0.2) is 0 Å². The van der Waals surface area contributed by atoms with Crippen LogP contribution in [0.3, 0.4) is 0 Å². The molecule has 0 saturated carbocycles. The predicted octanol–water partition coefficient (Wildman–Crippen LogP) is 5.37. The Labute approximate surface area is 129 Å². The molecule has 1 heterocycles. The van der Waals surface area contributed by atoms with Gasteiger partial charge in [0, 0.05) is 10.4 Å². The summed E-state index contributed by atoms with van der Waals surface area (Å²) in [4.78, 5) is 0.472. The molecule has 0 radical (unpaired) electrons. The highest BCUT2D eigenvalue weighted by molar-refractivity contribution is 9.11. The van der Waals surface area contributed by atoms with Gasteiger partial charge in [0.25, 0.3) is 0 Å². The molecule has 108 valence electrons. The van der Waals surface area contributed by atoms with Crippen LogP contribution in [0.4, 0.5) is 17.6 Å². The van der Waals surface area contributed by atoms with E-state index in [0.717, 1.165) is 17.4 Å². The molecule has 0 aliphatic carbocycles. The lowest BCUT2D eigenvalue weighted by Gasteiger charge is -2.15. The van der Waals surface area contributed by atoms with Crippen molar-refractivity contribution in [3.63, 3.8) is 0 Å². The second-order valence-electron chi connectivity index (χ2n) is 3.95. The summed E-state index contributed by atoms with van der Waals surface area (Å²) in [7, 11) is 0. The molecule has 1 aromatic carbocycles. The van der Waals surface area contributed by atoms with Gasteiger partial charge in [-0.25, -0.2) is 4.39 Å². The van der Waals surface area contributed by atoms with Crippen LogP contribution in [0.1, 0.15) is 22.0 Å². The lowest BCUT2D eigenvalue weighted by molar-refractivity contribution is -0.140. The number of hydrogen-bond acceptors (Lipinski definition) is 2. The summed E-state index contributed by atoms with van der Waals surface area (Å²) >= 11 is 10.2. The van der Waals surface area contributed by atoms with E-state index in [9.17, 15) is 17.6 Å². The first-order valence-corrected chi connectivity index (χ1v) is 7.26. The van der Waals surface area contributed by atoms with Crippen molar-refractivity contribution >= 4 is 38.9 Å². The highest BCUT2D eigenvalue weighted by atomic mass is 79.9. The Morgan fingerprint density at radius 1 is 1.30 bits per heavy atom. The van der Waals surface area contributed by atoms with Crippen LogP contribution in [0, 0.1) is 5.82 Å². The molecule has 1 atom stereocenters. The summed E-state index contributed by atoms with van der Waals surface area (Å²) in [5, 5.41) is 0.382. The SMILES string of the molecule is NC(c1cc(Cl)c(Br)s1)c1cccc(C(F)(F)F)c1F. The quantitative estimate of drug-likeness (QED) is 0.688. The summed E-state index contributed by atoms with van der Waals surface area (Å²) in [6, 6.07) is 3.54. The fourth-order valence-corrected chi connectivity index (χ4v) is 3.45. The van der Waals surface area contributed by atoms with Crippen molar-refractivity contribution in [2.24, 2.45) is 5.73 Å². The zero-order valence-electron chi connectivity index (χ0n) is 9.64. The fraction of sp³-hybridized carbons (Fsp3) is 0.167. The molecule has 2 aromatic rings. The molecule has 20 heavy (non-hydrogen) atoms. The minimum absolute atomic E-state index is 0.217. The number of nitrogens with two attached hydrogens (primary N) is 1. The van der Waals surface area contributed by atoms with E-state index < -0.39 is 23.6 Å². The monoisotopic (exact) mass is 387 g/mol. The third-order valence-electron chi connectivity index (χ3n) is 2.64. The molecule has 2 N–H and O–H groups in total. The van der Waals surface area contributed by atoms with Crippen LogP contribution in [-0.2, 0) is 6.18 Å². The van der Waals surface area contributed by atoms with E-state index >= 15 is 0 Å². The minimum atomic E-state index is -4.76. The maximum absolute atomic E-state index is 14.0. The summed E-state index contributed by atoms with van der Waals surface area (Å²) in [6.07, 6.45) is -4.76. The fourth-order valence-electron chi connectivity index (χ4n) is 1.68. The summed E-state index contributed by atoms with van der Waals surface area (Å²) in [5.74, 6) is -1.35.